The predicted molar refractivity (Wildman–Crippen MR) is 308 cm³/mol. The molecule has 0 saturated carbocycles. The number of β-amino-alcohol motifs (C(OH)–C–C–N with tert-alkyl or cyclic N) is 1. The molecule has 17 nitrogen and oxygen atoms in total. The maximum Gasteiger partial charge on any atom is 0.255 e. The van der Waals surface area contributed by atoms with Crippen molar-refractivity contribution in [2.45, 2.75) is 112 Å². The number of hydrogen-bond acceptors (Lipinski definition) is 13. The summed E-state index contributed by atoms with van der Waals surface area (Å²) < 4.78 is 24.1. The Kier molecular flexibility index (Phi) is 18.5. The van der Waals surface area contributed by atoms with Crippen LogP contribution in [-0.4, -0.2) is 125 Å². The number of aliphatic hydroxyl groups excluding tert-OH is 1. The van der Waals surface area contributed by atoms with Gasteiger partial charge in [-0.05, 0) is 129 Å². The molecule has 5 heterocycles. The van der Waals surface area contributed by atoms with Crippen molar-refractivity contribution in [2.75, 3.05) is 57.6 Å². The van der Waals surface area contributed by atoms with Crippen molar-refractivity contribution in [1.82, 2.24) is 30.4 Å². The summed E-state index contributed by atoms with van der Waals surface area (Å²) in [6, 6.07) is 25.4. The van der Waals surface area contributed by atoms with E-state index in [1.54, 1.807) is 22.5 Å². The third-order valence-corrected chi connectivity index (χ3v) is 16.4. The molecule has 0 radical (unpaired) electrons. The minimum atomic E-state index is -0.931. The molecular formula is C62H73N7O10S. The lowest BCUT2D eigenvalue weighted by atomic mass is 9.95. The molecular weight excluding hydrogens is 1030 g/mol. The zero-order chi connectivity index (χ0) is 56.6. The highest BCUT2D eigenvalue weighted by molar-refractivity contribution is 7.13. The average molecular weight is 1110 g/mol. The summed E-state index contributed by atoms with van der Waals surface area (Å²) in [4.78, 5) is 82.4. The Balaban J connectivity index is 0.810. The second-order valence-electron chi connectivity index (χ2n) is 21.2. The molecule has 3 atom stereocenters. The lowest BCUT2D eigenvalue weighted by Crippen LogP contribution is -2.55. The number of aromatic nitrogens is 2. The number of amides is 4. The lowest BCUT2D eigenvalue weighted by Gasteiger charge is -2.37. The maximum atomic E-state index is 14.3. The van der Waals surface area contributed by atoms with Gasteiger partial charge in [0.05, 0.1) is 35.4 Å². The van der Waals surface area contributed by atoms with Crippen molar-refractivity contribution in [3.63, 3.8) is 0 Å². The molecule has 0 spiro atoms. The van der Waals surface area contributed by atoms with E-state index in [4.69, 9.17) is 18.9 Å². The van der Waals surface area contributed by atoms with Crippen LogP contribution < -0.4 is 30.6 Å². The second kappa shape index (κ2) is 25.8. The molecule has 4 aromatic carbocycles. The van der Waals surface area contributed by atoms with Crippen LogP contribution in [0, 0.1) is 33.6 Å². The summed E-state index contributed by atoms with van der Waals surface area (Å²) in [7, 11) is 0. The largest absolute Gasteiger partial charge is 0.491 e. The van der Waals surface area contributed by atoms with E-state index in [1.807, 2.05) is 108 Å². The molecule has 422 valence electrons. The molecule has 3 aliphatic rings. The molecule has 18 heteroatoms. The van der Waals surface area contributed by atoms with Crippen molar-refractivity contribution >= 4 is 40.7 Å². The number of aromatic amines is 1. The van der Waals surface area contributed by atoms with Crippen LogP contribution in [0.2, 0.25) is 0 Å². The third kappa shape index (κ3) is 12.9. The summed E-state index contributed by atoms with van der Waals surface area (Å²) in [6.07, 6.45) is 0.959. The third-order valence-electron chi connectivity index (χ3n) is 15.5. The number of fused-ring (bicyclic) bond motifs is 1. The van der Waals surface area contributed by atoms with Crippen LogP contribution in [0.5, 0.6) is 11.5 Å². The summed E-state index contributed by atoms with van der Waals surface area (Å²) in [5.41, 5.74) is 11.8. The number of H-pyrrole nitrogens is 1. The van der Waals surface area contributed by atoms with Gasteiger partial charge in [-0.3, -0.25) is 24.0 Å². The number of nitrogens with zero attached hydrogens (tertiary/aromatic N) is 4. The zero-order valence-corrected chi connectivity index (χ0v) is 47.6. The Labute approximate surface area is 471 Å². The standard InChI is InChI=1S/C62H73N7O10S/c1-8-67(47-19-21-76-22-20-47)53-29-46(28-51(40(53)6)58(71)64-33-52-38(4)27-39(5)66-59(52)72)42-15-17-49(18-16-42)78-25-23-77-24-26-79-55-30-43(57-41(7)65-36-80-57)13-14-44(55)32-63-60(73)54-31-48(70)35-68(54)62(75)56(37(2)3)69-34-45-11-9-10-12-50(45)61(69)74/h9-18,27-30,36-37,47-48,54,56,70H,8,19-26,31-35H2,1-7H3,(H,63,73)(H,64,71)(H,66,72)/t48-,54+,56?/m1/s1. The normalized spacial score (nSPS) is 16.7. The van der Waals surface area contributed by atoms with E-state index in [1.165, 1.54) is 16.2 Å². The van der Waals surface area contributed by atoms with Crippen LogP contribution in [0.15, 0.2) is 95.2 Å². The van der Waals surface area contributed by atoms with E-state index >= 15 is 0 Å². The van der Waals surface area contributed by atoms with Crippen LogP contribution in [0.1, 0.15) is 100.0 Å². The molecule has 4 N–H and O–H groups in total. The topological polar surface area (TPSA) is 205 Å². The number of aryl methyl sites for hydroxylation is 3. The van der Waals surface area contributed by atoms with Crippen molar-refractivity contribution in [2.24, 2.45) is 5.92 Å². The quantitative estimate of drug-likeness (QED) is 0.0477. The number of nitrogens with one attached hydrogen (secondary N) is 3. The Morgan fingerprint density at radius 2 is 1.61 bits per heavy atom. The van der Waals surface area contributed by atoms with Crippen LogP contribution >= 0.6 is 11.3 Å². The minimum Gasteiger partial charge on any atom is -0.491 e. The molecule has 0 aliphatic carbocycles. The molecule has 2 saturated heterocycles. The van der Waals surface area contributed by atoms with Gasteiger partial charge in [0, 0.05) is 92.0 Å². The Morgan fingerprint density at radius 3 is 2.31 bits per heavy atom. The maximum absolute atomic E-state index is 14.3. The SMILES string of the molecule is CCN(c1cc(-c2ccc(OCCOCCOc3cc(-c4scnc4C)ccc3CNC(=O)[C@@H]3C[C@@H](O)CN3C(=O)C(C(C)C)N3Cc4ccccc4C3=O)cc2)cc(C(=O)NCc2c(C)cc(C)[nH]c2=O)c1C)C1CCOCC1. The summed E-state index contributed by atoms with van der Waals surface area (Å²) in [5.74, 6) is -0.285. The summed E-state index contributed by atoms with van der Waals surface area (Å²) >= 11 is 1.52. The van der Waals surface area contributed by atoms with Gasteiger partial charge < -0.3 is 54.4 Å². The number of anilines is 1. The Hall–Kier alpha value is -7.38. The number of hydrogen-bond donors (Lipinski definition) is 4. The van der Waals surface area contributed by atoms with Gasteiger partial charge >= 0.3 is 0 Å². The van der Waals surface area contributed by atoms with Gasteiger partial charge in [-0.15, -0.1) is 11.3 Å². The molecule has 80 heavy (non-hydrogen) atoms. The average Bonchev–Trinajstić information content (AvgIpc) is 4.17. The highest BCUT2D eigenvalue weighted by Gasteiger charge is 2.46. The van der Waals surface area contributed by atoms with E-state index in [2.05, 4.69) is 38.5 Å². The molecule has 6 aromatic rings. The minimum absolute atomic E-state index is 0.0138. The molecule has 0 bridgehead atoms. The Morgan fingerprint density at radius 1 is 0.875 bits per heavy atom. The fourth-order valence-corrected chi connectivity index (χ4v) is 12.1. The van der Waals surface area contributed by atoms with E-state index in [0.717, 1.165) is 74.7 Å². The number of benzene rings is 4. The van der Waals surface area contributed by atoms with Crippen molar-refractivity contribution in [3.05, 3.63) is 151 Å². The fraction of sp³-hybridized carbons (Fsp3) is 0.419. The van der Waals surface area contributed by atoms with Crippen LogP contribution in [-0.2, 0) is 38.7 Å². The van der Waals surface area contributed by atoms with Gasteiger partial charge in [0.2, 0.25) is 11.8 Å². The van der Waals surface area contributed by atoms with E-state index in [0.29, 0.717) is 60.1 Å². The zero-order valence-electron chi connectivity index (χ0n) is 46.8. The summed E-state index contributed by atoms with van der Waals surface area (Å²) in [6.45, 7) is 17.2. The number of pyridine rings is 1. The van der Waals surface area contributed by atoms with Gasteiger partial charge in [-0.25, -0.2) is 4.98 Å². The molecule has 2 fully saturated rings. The molecule has 1 unspecified atom stereocenters. The van der Waals surface area contributed by atoms with Gasteiger partial charge in [0.1, 0.15) is 36.8 Å². The van der Waals surface area contributed by atoms with Crippen molar-refractivity contribution in [3.8, 4) is 33.1 Å². The van der Waals surface area contributed by atoms with E-state index in [9.17, 15) is 29.1 Å². The first-order valence-electron chi connectivity index (χ1n) is 27.7. The van der Waals surface area contributed by atoms with Gasteiger partial charge in [0.25, 0.3) is 17.4 Å². The fourth-order valence-electron chi connectivity index (χ4n) is 11.3. The van der Waals surface area contributed by atoms with Crippen LogP contribution in [0.3, 0.4) is 0 Å². The first kappa shape index (κ1) is 57.3. The van der Waals surface area contributed by atoms with Crippen LogP contribution in [0.4, 0.5) is 5.69 Å². The number of aliphatic hydroxyl groups is 1. The lowest BCUT2D eigenvalue weighted by molar-refractivity contribution is -0.143. The van der Waals surface area contributed by atoms with E-state index in [-0.39, 0.29) is 81.1 Å². The van der Waals surface area contributed by atoms with E-state index < -0.39 is 24.1 Å². The van der Waals surface area contributed by atoms with Gasteiger partial charge in [0.15, 0.2) is 0 Å². The van der Waals surface area contributed by atoms with Crippen molar-refractivity contribution < 1.29 is 43.2 Å². The smallest absolute Gasteiger partial charge is 0.255 e. The number of ether oxygens (including phenoxy) is 4. The highest BCUT2D eigenvalue weighted by Crippen LogP contribution is 2.36. The van der Waals surface area contributed by atoms with Crippen molar-refractivity contribution in [1.29, 1.82) is 0 Å². The molecule has 4 amide bonds. The Bertz CT molecular complexity index is 3260. The molecule has 3 aliphatic heterocycles. The van der Waals surface area contributed by atoms with Gasteiger partial charge in [-0.2, -0.15) is 0 Å². The number of thiazole rings is 1. The number of rotatable bonds is 22. The number of likely N-dealkylation sites (tertiary alicyclic amines) is 1. The predicted octanol–water partition coefficient (Wildman–Crippen LogP) is 8.07. The van der Waals surface area contributed by atoms with Crippen LogP contribution in [0.25, 0.3) is 21.6 Å². The number of carbonyl (C=O) groups excluding carboxylic acids is 4. The summed E-state index contributed by atoms with van der Waals surface area (Å²) in [5, 5.41) is 16.9. The van der Waals surface area contributed by atoms with Gasteiger partial charge in [-0.1, -0.05) is 56.3 Å². The highest BCUT2D eigenvalue weighted by atomic mass is 32.1. The first-order valence-corrected chi connectivity index (χ1v) is 28.6. The number of carbonyl (C=O) groups is 4. The second-order valence-corrected chi connectivity index (χ2v) is 22.1. The molecule has 2 aromatic heterocycles. The molecule has 9 rings (SSSR count). The first-order chi connectivity index (χ1) is 38.6. The monoisotopic (exact) mass is 1110 g/mol.